The van der Waals surface area contributed by atoms with E-state index in [2.05, 4.69) is 0 Å². The lowest BCUT2D eigenvalue weighted by molar-refractivity contribution is -0.138. The zero-order chi connectivity index (χ0) is 18.7. The van der Waals surface area contributed by atoms with Crippen molar-refractivity contribution in [1.29, 1.82) is 0 Å². The molecule has 0 aromatic heterocycles. The van der Waals surface area contributed by atoms with Gasteiger partial charge < -0.3 is 14.9 Å². The number of carbonyl (C=O) groups excluding carboxylic acids is 2. The Balaban J connectivity index is 1.67. The number of anilines is 1. The molecular weight excluding hydrogens is 328 g/mol. The first-order valence-electron chi connectivity index (χ1n) is 8.83. The molecule has 0 aliphatic carbocycles. The quantitative estimate of drug-likeness (QED) is 0.918. The number of hydrogen-bond acceptors (Lipinski definition) is 3. The van der Waals surface area contributed by atoms with Crippen molar-refractivity contribution in [1.82, 2.24) is 4.90 Å². The van der Waals surface area contributed by atoms with Crippen LogP contribution in [-0.2, 0) is 22.6 Å². The van der Waals surface area contributed by atoms with Gasteiger partial charge in [-0.15, -0.1) is 0 Å². The Bertz CT molecular complexity index is 784. The second-order valence-corrected chi connectivity index (χ2v) is 6.86. The first kappa shape index (κ1) is 18.1. The number of aryl methyl sites for hydroxylation is 1. The summed E-state index contributed by atoms with van der Waals surface area (Å²) >= 11 is 0. The van der Waals surface area contributed by atoms with Crippen LogP contribution in [0.5, 0.6) is 0 Å². The van der Waals surface area contributed by atoms with E-state index < -0.39 is 0 Å². The minimum absolute atomic E-state index is 0.0132. The van der Waals surface area contributed by atoms with Gasteiger partial charge in [-0.3, -0.25) is 9.59 Å². The largest absolute Gasteiger partial charge is 0.392 e. The average Bonchev–Trinajstić information content (AvgIpc) is 2.64. The Morgan fingerprint density at radius 3 is 2.31 bits per heavy atom. The third kappa shape index (κ3) is 3.94. The highest BCUT2D eigenvalue weighted by Gasteiger charge is 2.33. The standard InChI is InChI=1S/C21H24N2O3/c1-15-3-9-19(10-4-15)23-12-16(2)22(13-21(23)26)20(25)11-17-5-7-18(14-24)8-6-17/h3-10,16,24H,11-14H2,1-2H3/t16-/m0/s1. The summed E-state index contributed by atoms with van der Waals surface area (Å²) in [6.07, 6.45) is 0.258. The predicted octanol–water partition coefficient (Wildman–Crippen LogP) is 2.29. The Morgan fingerprint density at radius 2 is 1.69 bits per heavy atom. The van der Waals surface area contributed by atoms with E-state index in [-0.39, 0.29) is 37.4 Å². The molecular formula is C21H24N2O3. The lowest BCUT2D eigenvalue weighted by Gasteiger charge is -2.39. The normalized spacial score (nSPS) is 17.5. The van der Waals surface area contributed by atoms with E-state index in [1.54, 1.807) is 9.80 Å². The molecule has 1 aliphatic heterocycles. The second-order valence-electron chi connectivity index (χ2n) is 6.86. The van der Waals surface area contributed by atoms with Crippen LogP contribution < -0.4 is 4.90 Å². The van der Waals surface area contributed by atoms with E-state index in [0.29, 0.717) is 6.54 Å². The van der Waals surface area contributed by atoms with Crippen molar-refractivity contribution in [2.75, 3.05) is 18.0 Å². The number of carbonyl (C=O) groups is 2. The van der Waals surface area contributed by atoms with Crippen molar-refractivity contribution in [3.05, 3.63) is 65.2 Å². The molecule has 3 rings (SSSR count). The van der Waals surface area contributed by atoms with Gasteiger partial charge in [0.15, 0.2) is 0 Å². The molecule has 5 heteroatoms. The monoisotopic (exact) mass is 352 g/mol. The molecule has 26 heavy (non-hydrogen) atoms. The Hall–Kier alpha value is -2.66. The fraction of sp³-hybridized carbons (Fsp3) is 0.333. The first-order valence-corrected chi connectivity index (χ1v) is 8.83. The maximum Gasteiger partial charge on any atom is 0.246 e. The average molecular weight is 352 g/mol. The molecule has 0 unspecified atom stereocenters. The van der Waals surface area contributed by atoms with Gasteiger partial charge in [0.25, 0.3) is 0 Å². The fourth-order valence-electron chi connectivity index (χ4n) is 3.20. The van der Waals surface area contributed by atoms with Gasteiger partial charge in [0.2, 0.25) is 11.8 Å². The lowest BCUT2D eigenvalue weighted by atomic mass is 10.1. The number of benzene rings is 2. The van der Waals surface area contributed by atoms with Crippen molar-refractivity contribution in [2.24, 2.45) is 0 Å². The van der Waals surface area contributed by atoms with Crippen LogP contribution in [0.2, 0.25) is 0 Å². The number of hydrogen-bond donors (Lipinski definition) is 1. The fourth-order valence-corrected chi connectivity index (χ4v) is 3.20. The van der Waals surface area contributed by atoms with Crippen molar-refractivity contribution in [2.45, 2.75) is 32.9 Å². The molecule has 0 bridgehead atoms. The molecule has 1 saturated heterocycles. The summed E-state index contributed by atoms with van der Waals surface area (Å²) in [5.41, 5.74) is 3.72. The molecule has 2 amide bonds. The predicted molar refractivity (Wildman–Crippen MR) is 101 cm³/mol. The van der Waals surface area contributed by atoms with Gasteiger partial charge in [-0.1, -0.05) is 42.0 Å². The Kier molecular flexibility index (Phi) is 5.38. The van der Waals surface area contributed by atoms with E-state index in [0.717, 1.165) is 22.4 Å². The molecule has 1 atom stereocenters. The third-order valence-corrected chi connectivity index (χ3v) is 4.81. The number of piperazine rings is 1. The highest BCUT2D eigenvalue weighted by Crippen LogP contribution is 2.21. The topological polar surface area (TPSA) is 60.9 Å². The summed E-state index contributed by atoms with van der Waals surface area (Å²) < 4.78 is 0. The van der Waals surface area contributed by atoms with Crippen LogP contribution in [0.4, 0.5) is 5.69 Å². The van der Waals surface area contributed by atoms with Crippen molar-refractivity contribution < 1.29 is 14.7 Å². The highest BCUT2D eigenvalue weighted by atomic mass is 16.3. The van der Waals surface area contributed by atoms with Gasteiger partial charge in [0.1, 0.15) is 6.54 Å². The minimum Gasteiger partial charge on any atom is -0.392 e. The summed E-state index contributed by atoms with van der Waals surface area (Å²) in [7, 11) is 0. The van der Waals surface area contributed by atoms with Gasteiger partial charge in [-0.2, -0.15) is 0 Å². The number of rotatable bonds is 4. The van der Waals surface area contributed by atoms with Crippen molar-refractivity contribution in [3.8, 4) is 0 Å². The molecule has 1 aliphatic rings. The van der Waals surface area contributed by atoms with Crippen molar-refractivity contribution >= 4 is 17.5 Å². The van der Waals surface area contributed by atoms with E-state index in [9.17, 15) is 9.59 Å². The van der Waals surface area contributed by atoms with Gasteiger partial charge >= 0.3 is 0 Å². The Morgan fingerprint density at radius 1 is 1.08 bits per heavy atom. The van der Waals surface area contributed by atoms with Gasteiger partial charge in [0, 0.05) is 18.3 Å². The zero-order valence-electron chi connectivity index (χ0n) is 15.2. The molecule has 0 radical (unpaired) electrons. The summed E-state index contributed by atoms with van der Waals surface area (Å²) in [5.74, 6) is -0.109. The van der Waals surface area contributed by atoms with Crippen LogP contribution in [0.3, 0.4) is 0 Å². The van der Waals surface area contributed by atoms with Gasteiger partial charge in [-0.05, 0) is 37.1 Å². The number of aliphatic hydroxyl groups is 1. The zero-order valence-corrected chi connectivity index (χ0v) is 15.2. The molecule has 0 saturated carbocycles. The SMILES string of the molecule is Cc1ccc(N2C[C@H](C)N(C(=O)Cc3ccc(CO)cc3)CC2=O)cc1. The minimum atomic E-state index is -0.0593. The Labute approximate surface area is 153 Å². The highest BCUT2D eigenvalue weighted by molar-refractivity contribution is 5.98. The summed E-state index contributed by atoms with van der Waals surface area (Å²) in [6.45, 7) is 4.57. The van der Waals surface area contributed by atoms with E-state index in [1.165, 1.54) is 0 Å². The van der Waals surface area contributed by atoms with Crippen LogP contribution in [-0.4, -0.2) is 41.0 Å². The van der Waals surface area contributed by atoms with Crippen LogP contribution in [0, 0.1) is 6.92 Å². The van der Waals surface area contributed by atoms with Crippen LogP contribution >= 0.6 is 0 Å². The van der Waals surface area contributed by atoms with E-state index in [4.69, 9.17) is 5.11 Å². The van der Waals surface area contributed by atoms with Crippen LogP contribution in [0.15, 0.2) is 48.5 Å². The number of nitrogens with zero attached hydrogens (tertiary/aromatic N) is 2. The lowest BCUT2D eigenvalue weighted by Crippen LogP contribution is -2.57. The third-order valence-electron chi connectivity index (χ3n) is 4.81. The maximum absolute atomic E-state index is 12.7. The van der Waals surface area contributed by atoms with Crippen LogP contribution in [0.1, 0.15) is 23.6 Å². The molecule has 5 nitrogen and oxygen atoms in total. The molecule has 1 heterocycles. The van der Waals surface area contributed by atoms with Gasteiger partial charge in [-0.25, -0.2) is 0 Å². The molecule has 136 valence electrons. The molecule has 2 aromatic carbocycles. The molecule has 1 fully saturated rings. The summed E-state index contributed by atoms with van der Waals surface area (Å²) in [4.78, 5) is 28.7. The van der Waals surface area contributed by atoms with Crippen molar-refractivity contribution in [3.63, 3.8) is 0 Å². The van der Waals surface area contributed by atoms with Gasteiger partial charge in [0.05, 0.1) is 13.0 Å². The maximum atomic E-state index is 12.7. The summed E-state index contributed by atoms with van der Waals surface area (Å²) in [5, 5.41) is 9.09. The second kappa shape index (κ2) is 7.70. The number of amides is 2. The van der Waals surface area contributed by atoms with E-state index >= 15 is 0 Å². The number of aliphatic hydroxyl groups excluding tert-OH is 1. The molecule has 0 spiro atoms. The van der Waals surface area contributed by atoms with Crippen LogP contribution in [0.25, 0.3) is 0 Å². The molecule has 1 N–H and O–H groups in total. The summed E-state index contributed by atoms with van der Waals surface area (Å²) in [6, 6.07) is 15.1. The first-order chi connectivity index (χ1) is 12.5. The molecule has 2 aromatic rings. The smallest absolute Gasteiger partial charge is 0.246 e. The van der Waals surface area contributed by atoms with E-state index in [1.807, 2.05) is 62.4 Å².